The quantitative estimate of drug-likeness (QED) is 0.164. The van der Waals surface area contributed by atoms with Crippen molar-refractivity contribution in [3.63, 3.8) is 0 Å². The maximum Gasteiger partial charge on any atom is 0.354 e. The lowest BCUT2D eigenvalue weighted by Crippen LogP contribution is -2.73. The van der Waals surface area contributed by atoms with E-state index in [0.717, 1.165) is 19.4 Å². The Bertz CT molecular complexity index is 1380. The summed E-state index contributed by atoms with van der Waals surface area (Å²) in [6.45, 7) is 10.9. The Morgan fingerprint density at radius 3 is 2.28 bits per heavy atom. The minimum absolute atomic E-state index is 0.00482. The minimum atomic E-state index is -2.11. The summed E-state index contributed by atoms with van der Waals surface area (Å²) in [4.78, 5) is 62.9. The van der Waals surface area contributed by atoms with E-state index in [-0.39, 0.29) is 25.6 Å². The maximum absolute atomic E-state index is 14.0. The Kier molecular flexibility index (Phi) is 9.04. The van der Waals surface area contributed by atoms with Gasteiger partial charge < -0.3 is 43.0 Å². The summed E-state index contributed by atoms with van der Waals surface area (Å²) in [5.41, 5.74) is -5.03. The van der Waals surface area contributed by atoms with Crippen molar-refractivity contribution in [1.29, 1.82) is 0 Å². The molecule has 5 aliphatic rings. The Morgan fingerprint density at radius 2 is 1.72 bits per heavy atom. The van der Waals surface area contributed by atoms with Gasteiger partial charge in [-0.15, -0.1) is 0 Å². The van der Waals surface area contributed by atoms with E-state index < -0.39 is 94.6 Å². The van der Waals surface area contributed by atoms with Crippen LogP contribution in [0, 0.1) is 22.7 Å². The number of ether oxygens (including phenoxy) is 8. The molecule has 0 bridgehead atoms. The van der Waals surface area contributed by atoms with E-state index in [0.29, 0.717) is 6.42 Å². The molecule has 0 unspecified atom stereocenters. The molecule has 1 saturated carbocycles. The number of esters is 5. The SMILES string of the molecule is CC(=O)OC[C@@]12[C@@H](OC(C)=O)C=C(C)[C@](C)([C@@H]3C[C@H]4C=CO[C@H]4O3)[C@H]1C[C@@H](O)[C@H](OC(=O)[C@@](C)(OC(C)=O)[C@H](C)OC(C)=O)[C@]21CO1. The summed E-state index contributed by atoms with van der Waals surface area (Å²) in [6.07, 6.45) is -0.0391. The molecule has 14 nitrogen and oxygen atoms in total. The predicted molar refractivity (Wildman–Crippen MR) is 158 cm³/mol. The molecule has 0 aromatic carbocycles. The van der Waals surface area contributed by atoms with Crippen molar-refractivity contribution in [3.05, 3.63) is 24.0 Å². The van der Waals surface area contributed by atoms with Crippen LogP contribution in [-0.2, 0) is 61.9 Å². The van der Waals surface area contributed by atoms with Crippen molar-refractivity contribution in [1.82, 2.24) is 0 Å². The Hall–Kier alpha value is -3.49. The zero-order valence-corrected chi connectivity index (χ0v) is 27.9. The van der Waals surface area contributed by atoms with Gasteiger partial charge >= 0.3 is 29.8 Å². The fourth-order valence-electron chi connectivity index (χ4n) is 8.27. The van der Waals surface area contributed by atoms with Gasteiger partial charge in [-0.3, -0.25) is 19.2 Å². The van der Waals surface area contributed by atoms with Gasteiger partial charge in [0, 0.05) is 39.0 Å². The molecule has 3 aliphatic heterocycles. The molecule has 3 heterocycles. The summed E-state index contributed by atoms with van der Waals surface area (Å²) in [6, 6.07) is 0. The van der Waals surface area contributed by atoms with E-state index in [1.54, 1.807) is 12.3 Å². The molecule has 1 spiro atoms. The summed E-state index contributed by atoms with van der Waals surface area (Å²) in [7, 11) is 0. The fraction of sp³-hybridized carbons (Fsp3) is 0.727. The summed E-state index contributed by atoms with van der Waals surface area (Å²) < 4.78 is 46.6. The lowest BCUT2D eigenvalue weighted by molar-refractivity contribution is -0.254. The molecule has 5 rings (SSSR count). The van der Waals surface area contributed by atoms with Crippen molar-refractivity contribution in [2.45, 2.75) is 116 Å². The van der Waals surface area contributed by atoms with Gasteiger partial charge in [0.05, 0.1) is 30.5 Å². The molecular formula is C33H44O14. The second kappa shape index (κ2) is 12.2. The monoisotopic (exact) mass is 664 g/mol. The zero-order valence-electron chi connectivity index (χ0n) is 27.9. The smallest absolute Gasteiger partial charge is 0.354 e. The van der Waals surface area contributed by atoms with Crippen LogP contribution in [-0.4, -0.2) is 96.2 Å². The van der Waals surface area contributed by atoms with Crippen LogP contribution in [0.1, 0.15) is 68.2 Å². The minimum Gasteiger partial charge on any atom is -0.472 e. The van der Waals surface area contributed by atoms with Gasteiger partial charge in [0.25, 0.3) is 0 Å². The van der Waals surface area contributed by atoms with Gasteiger partial charge in [-0.1, -0.05) is 12.5 Å². The topological polar surface area (TPSA) is 183 Å². The standard InChI is InChI=1S/C33H44O14/c1-16-11-26(44-20(5)36)32(14-41-18(3)34)24(30(16,7)25-12-22-9-10-40-28(22)45-25)13-23(38)27(33(32)15-42-33)46-29(39)31(8,47-21(6)37)17(2)43-19(4)35/h9-11,17,22-28,38H,12-15H2,1-8H3/t17-,22+,23+,24+,25-,26-,27-,28-,30-,31-,32-,33+/m0/s1. The molecule has 1 N–H and O–H groups in total. The third-order valence-corrected chi connectivity index (χ3v) is 10.9. The number of hydrogen-bond acceptors (Lipinski definition) is 14. The molecule has 260 valence electrons. The van der Waals surface area contributed by atoms with Crippen molar-refractivity contribution in [3.8, 4) is 0 Å². The van der Waals surface area contributed by atoms with Crippen LogP contribution in [0.2, 0.25) is 0 Å². The van der Waals surface area contributed by atoms with Crippen LogP contribution in [0.25, 0.3) is 0 Å². The van der Waals surface area contributed by atoms with Gasteiger partial charge in [0.1, 0.15) is 24.4 Å². The number of carbonyl (C=O) groups is 5. The van der Waals surface area contributed by atoms with Gasteiger partial charge in [-0.2, -0.15) is 0 Å². The van der Waals surface area contributed by atoms with Gasteiger partial charge in [-0.25, -0.2) is 4.79 Å². The molecule has 2 aliphatic carbocycles. The average Bonchev–Trinajstić information content (AvgIpc) is 3.44. The van der Waals surface area contributed by atoms with Crippen LogP contribution in [0.5, 0.6) is 0 Å². The molecular weight excluding hydrogens is 620 g/mol. The van der Waals surface area contributed by atoms with E-state index in [1.165, 1.54) is 27.7 Å². The van der Waals surface area contributed by atoms with E-state index in [2.05, 4.69) is 0 Å². The number of epoxide rings is 1. The van der Waals surface area contributed by atoms with Crippen LogP contribution < -0.4 is 0 Å². The third kappa shape index (κ3) is 5.61. The highest BCUT2D eigenvalue weighted by Crippen LogP contribution is 2.69. The van der Waals surface area contributed by atoms with Crippen LogP contribution in [0.15, 0.2) is 24.0 Å². The highest BCUT2D eigenvalue weighted by Gasteiger charge is 2.81. The fourth-order valence-corrected chi connectivity index (χ4v) is 8.27. The number of aliphatic hydroxyl groups excluding tert-OH is 1. The first-order chi connectivity index (χ1) is 21.9. The van der Waals surface area contributed by atoms with E-state index in [4.69, 9.17) is 37.9 Å². The highest BCUT2D eigenvalue weighted by atomic mass is 16.7. The molecule has 12 atom stereocenters. The van der Waals surface area contributed by atoms with E-state index >= 15 is 0 Å². The Balaban J connectivity index is 1.62. The lowest BCUT2D eigenvalue weighted by Gasteiger charge is -2.62. The summed E-state index contributed by atoms with van der Waals surface area (Å²) in [5, 5.41) is 11.9. The largest absolute Gasteiger partial charge is 0.472 e. The molecule has 0 radical (unpaired) electrons. The summed E-state index contributed by atoms with van der Waals surface area (Å²) in [5.74, 6) is -4.48. The van der Waals surface area contributed by atoms with Crippen LogP contribution >= 0.6 is 0 Å². The predicted octanol–water partition coefficient (Wildman–Crippen LogP) is 2.04. The molecule has 0 aromatic rings. The first kappa shape index (κ1) is 34.8. The second-order valence-corrected chi connectivity index (χ2v) is 13.7. The maximum atomic E-state index is 14.0. The van der Waals surface area contributed by atoms with Gasteiger partial charge in [0.2, 0.25) is 11.9 Å². The van der Waals surface area contributed by atoms with Crippen molar-refractivity contribution < 1.29 is 67.0 Å². The first-order valence-electron chi connectivity index (χ1n) is 15.8. The van der Waals surface area contributed by atoms with Crippen LogP contribution in [0.3, 0.4) is 0 Å². The van der Waals surface area contributed by atoms with Crippen molar-refractivity contribution in [2.24, 2.45) is 22.7 Å². The van der Waals surface area contributed by atoms with Crippen LogP contribution in [0.4, 0.5) is 0 Å². The highest BCUT2D eigenvalue weighted by molar-refractivity contribution is 5.84. The average molecular weight is 665 g/mol. The molecule has 0 aromatic heterocycles. The number of rotatable bonds is 9. The zero-order chi connectivity index (χ0) is 34.7. The first-order valence-corrected chi connectivity index (χ1v) is 15.8. The number of hydrogen-bond donors (Lipinski definition) is 1. The molecule has 3 fully saturated rings. The molecule has 0 amide bonds. The Labute approximate surface area is 273 Å². The molecule has 14 heteroatoms. The number of fused-ring (bicyclic) bond motifs is 3. The molecule has 2 saturated heterocycles. The lowest BCUT2D eigenvalue weighted by atomic mass is 9.44. The normalized spacial score (nSPS) is 40.0. The third-order valence-electron chi connectivity index (χ3n) is 10.9. The van der Waals surface area contributed by atoms with Crippen molar-refractivity contribution >= 4 is 29.8 Å². The number of aliphatic hydroxyl groups is 1. The second-order valence-electron chi connectivity index (χ2n) is 13.7. The van der Waals surface area contributed by atoms with Gasteiger partial charge in [-0.05, 0) is 51.7 Å². The number of carbonyl (C=O) groups excluding carboxylic acids is 5. The summed E-state index contributed by atoms with van der Waals surface area (Å²) >= 11 is 0. The van der Waals surface area contributed by atoms with E-state index in [1.807, 2.05) is 19.9 Å². The van der Waals surface area contributed by atoms with Crippen molar-refractivity contribution in [2.75, 3.05) is 13.2 Å². The van der Waals surface area contributed by atoms with E-state index in [9.17, 15) is 29.1 Å². The van der Waals surface area contributed by atoms with Gasteiger partial charge in [0.15, 0.2) is 6.10 Å². The molecule has 47 heavy (non-hydrogen) atoms. The Morgan fingerprint density at radius 1 is 1.04 bits per heavy atom.